The van der Waals surface area contributed by atoms with Crippen LogP contribution in [0.25, 0.3) is 0 Å². The molecule has 1 heterocycles. The Hall–Kier alpha value is -2.93. The van der Waals surface area contributed by atoms with Gasteiger partial charge in [0.15, 0.2) is 0 Å². The van der Waals surface area contributed by atoms with Crippen LogP contribution in [0.4, 0.5) is 11.4 Å². The van der Waals surface area contributed by atoms with Crippen molar-refractivity contribution in [3.63, 3.8) is 0 Å². The lowest BCUT2D eigenvalue weighted by Gasteiger charge is -2.21. The van der Waals surface area contributed by atoms with Crippen LogP contribution >= 0.6 is 0 Å². The first-order chi connectivity index (χ1) is 13.4. The highest BCUT2D eigenvalue weighted by Gasteiger charge is 2.12. The van der Waals surface area contributed by atoms with Gasteiger partial charge in [-0.15, -0.1) is 0 Å². The molecule has 28 heavy (non-hydrogen) atoms. The first-order valence-electron chi connectivity index (χ1n) is 9.50. The van der Waals surface area contributed by atoms with E-state index in [1.807, 2.05) is 43.3 Å². The van der Waals surface area contributed by atoms with Crippen molar-refractivity contribution in [2.45, 2.75) is 13.8 Å². The van der Waals surface area contributed by atoms with Crippen LogP contribution in [0.5, 0.6) is 0 Å². The van der Waals surface area contributed by atoms with Crippen molar-refractivity contribution < 1.29 is 9.59 Å². The predicted molar refractivity (Wildman–Crippen MR) is 113 cm³/mol. The van der Waals surface area contributed by atoms with Crippen LogP contribution in [0.15, 0.2) is 42.6 Å². The minimum atomic E-state index is -0.349. The van der Waals surface area contributed by atoms with Crippen molar-refractivity contribution in [3.05, 3.63) is 53.9 Å². The van der Waals surface area contributed by atoms with Crippen LogP contribution in [0, 0.1) is 0 Å². The molecule has 0 fully saturated rings. The lowest BCUT2D eigenvalue weighted by atomic mass is 10.2. The molecule has 0 aliphatic rings. The maximum absolute atomic E-state index is 12.5. The van der Waals surface area contributed by atoms with Gasteiger partial charge in [-0.25, -0.2) is 0 Å². The quantitative estimate of drug-likeness (QED) is 0.696. The molecule has 0 saturated carbocycles. The number of amides is 2. The fraction of sp³-hybridized carbons (Fsp3) is 0.381. The molecule has 7 heteroatoms. The number of nitrogens with one attached hydrogen (secondary N) is 2. The number of nitrogens with zero attached hydrogens (tertiary/aromatic N) is 3. The molecule has 0 spiro atoms. The molecule has 2 N–H and O–H groups in total. The van der Waals surface area contributed by atoms with E-state index in [-0.39, 0.29) is 17.5 Å². The molecule has 2 rings (SSSR count). The number of benzene rings is 1. The first kappa shape index (κ1) is 21.4. The van der Waals surface area contributed by atoms with E-state index in [2.05, 4.69) is 34.4 Å². The van der Waals surface area contributed by atoms with E-state index in [0.29, 0.717) is 17.8 Å². The highest BCUT2D eigenvalue weighted by Crippen LogP contribution is 2.18. The minimum Gasteiger partial charge on any atom is -0.372 e. The Bertz CT molecular complexity index is 786. The number of anilines is 2. The van der Waals surface area contributed by atoms with Crippen molar-refractivity contribution in [1.82, 2.24) is 15.2 Å². The number of pyridine rings is 1. The van der Waals surface area contributed by atoms with Crippen LogP contribution < -0.4 is 15.5 Å². The highest BCUT2D eigenvalue weighted by atomic mass is 16.2. The topological polar surface area (TPSA) is 77.6 Å². The van der Waals surface area contributed by atoms with Gasteiger partial charge < -0.3 is 20.4 Å². The summed E-state index contributed by atoms with van der Waals surface area (Å²) in [6.07, 6.45) is 1.47. The molecule has 1 aromatic carbocycles. The van der Waals surface area contributed by atoms with Gasteiger partial charge in [0.25, 0.3) is 11.8 Å². The van der Waals surface area contributed by atoms with Crippen molar-refractivity contribution in [2.24, 2.45) is 0 Å². The van der Waals surface area contributed by atoms with Crippen LogP contribution in [0.2, 0.25) is 0 Å². The van der Waals surface area contributed by atoms with Gasteiger partial charge in [-0.1, -0.05) is 0 Å². The number of hydrogen-bond acceptors (Lipinski definition) is 5. The smallest absolute Gasteiger partial charge is 0.274 e. The van der Waals surface area contributed by atoms with E-state index in [9.17, 15) is 9.59 Å². The number of carbonyl (C=O) groups is 2. The number of hydrogen-bond donors (Lipinski definition) is 2. The second-order valence-corrected chi connectivity index (χ2v) is 6.66. The number of rotatable bonds is 9. The monoisotopic (exact) mass is 383 g/mol. The maximum Gasteiger partial charge on any atom is 0.274 e. The molecule has 0 radical (unpaired) electrons. The molecule has 1 aromatic heterocycles. The Kier molecular flexibility index (Phi) is 7.95. The zero-order valence-corrected chi connectivity index (χ0v) is 17.0. The maximum atomic E-state index is 12.5. The van der Waals surface area contributed by atoms with Crippen molar-refractivity contribution in [3.8, 4) is 0 Å². The summed E-state index contributed by atoms with van der Waals surface area (Å²) in [5, 5.41) is 5.66. The Morgan fingerprint density at radius 3 is 2.29 bits per heavy atom. The second-order valence-electron chi connectivity index (χ2n) is 6.66. The normalized spacial score (nSPS) is 10.6. The zero-order chi connectivity index (χ0) is 20.5. The number of aromatic nitrogens is 1. The third-order valence-corrected chi connectivity index (χ3v) is 4.35. The largest absolute Gasteiger partial charge is 0.372 e. The summed E-state index contributed by atoms with van der Waals surface area (Å²) in [5.41, 5.74) is 2.41. The average molecular weight is 383 g/mol. The average Bonchev–Trinajstić information content (AvgIpc) is 2.70. The molecule has 0 aliphatic carbocycles. The summed E-state index contributed by atoms with van der Waals surface area (Å²) in [4.78, 5) is 33.0. The van der Waals surface area contributed by atoms with Gasteiger partial charge in [-0.2, -0.15) is 0 Å². The van der Waals surface area contributed by atoms with Crippen LogP contribution in [0.3, 0.4) is 0 Å². The van der Waals surface area contributed by atoms with Gasteiger partial charge >= 0.3 is 0 Å². The van der Waals surface area contributed by atoms with E-state index < -0.39 is 0 Å². The molecular formula is C21H29N5O2. The Balaban J connectivity index is 2.01. The van der Waals surface area contributed by atoms with Crippen molar-refractivity contribution in [1.29, 1.82) is 0 Å². The lowest BCUT2D eigenvalue weighted by Crippen LogP contribution is -2.31. The molecule has 0 unspecified atom stereocenters. The van der Waals surface area contributed by atoms with Crippen LogP contribution in [-0.2, 0) is 0 Å². The van der Waals surface area contributed by atoms with Crippen LogP contribution in [0.1, 0.15) is 34.7 Å². The molecule has 150 valence electrons. The zero-order valence-electron chi connectivity index (χ0n) is 17.0. The predicted octanol–water partition coefficient (Wildman–Crippen LogP) is 2.47. The Morgan fingerprint density at radius 1 is 1.00 bits per heavy atom. The van der Waals surface area contributed by atoms with Crippen LogP contribution in [-0.4, -0.2) is 62.0 Å². The number of carbonyl (C=O) groups excluding carboxylic acids is 2. The van der Waals surface area contributed by atoms with Gasteiger partial charge in [0.1, 0.15) is 5.69 Å². The van der Waals surface area contributed by atoms with Gasteiger partial charge in [0.2, 0.25) is 0 Å². The molecule has 2 aromatic rings. The second kappa shape index (κ2) is 10.4. The SMILES string of the molecule is CCN(CC)c1ccc(NC(=O)c2cc(C(=O)NCCN(C)C)ccn2)cc1. The summed E-state index contributed by atoms with van der Waals surface area (Å²) in [5.74, 6) is -0.569. The van der Waals surface area contributed by atoms with E-state index in [1.54, 1.807) is 6.07 Å². The van der Waals surface area contributed by atoms with E-state index in [1.165, 1.54) is 12.3 Å². The van der Waals surface area contributed by atoms with Gasteiger partial charge in [-0.3, -0.25) is 14.6 Å². The molecule has 2 amide bonds. The van der Waals surface area contributed by atoms with Gasteiger partial charge in [0.05, 0.1) is 0 Å². The van der Waals surface area contributed by atoms with Gasteiger partial charge in [0, 0.05) is 49.3 Å². The standard InChI is InChI=1S/C21H29N5O2/c1-5-26(6-2)18-9-7-17(8-10-18)24-21(28)19-15-16(11-12-22-19)20(27)23-13-14-25(3)4/h7-12,15H,5-6,13-14H2,1-4H3,(H,23,27)(H,24,28). The molecule has 0 atom stereocenters. The summed E-state index contributed by atoms with van der Waals surface area (Å²) < 4.78 is 0. The summed E-state index contributed by atoms with van der Waals surface area (Å²) >= 11 is 0. The number of likely N-dealkylation sites (N-methyl/N-ethyl adjacent to an activating group) is 1. The van der Waals surface area contributed by atoms with Crippen molar-refractivity contribution >= 4 is 23.2 Å². The molecule has 0 aliphatic heterocycles. The van der Waals surface area contributed by atoms with E-state index in [0.717, 1.165) is 25.3 Å². The van der Waals surface area contributed by atoms with Crippen molar-refractivity contribution in [2.75, 3.05) is 50.5 Å². The molecule has 7 nitrogen and oxygen atoms in total. The minimum absolute atomic E-state index is 0.202. The molecule has 0 saturated heterocycles. The van der Waals surface area contributed by atoms with E-state index in [4.69, 9.17) is 0 Å². The molecule has 0 bridgehead atoms. The summed E-state index contributed by atoms with van der Waals surface area (Å²) in [6.45, 7) is 7.34. The highest BCUT2D eigenvalue weighted by molar-refractivity contribution is 6.04. The summed E-state index contributed by atoms with van der Waals surface area (Å²) in [6, 6.07) is 10.8. The lowest BCUT2D eigenvalue weighted by molar-refractivity contribution is 0.0951. The third kappa shape index (κ3) is 6.06. The fourth-order valence-corrected chi connectivity index (χ4v) is 2.73. The first-order valence-corrected chi connectivity index (χ1v) is 9.50. The Labute approximate surface area is 166 Å². The molecular weight excluding hydrogens is 354 g/mol. The summed E-state index contributed by atoms with van der Waals surface area (Å²) in [7, 11) is 3.88. The fourth-order valence-electron chi connectivity index (χ4n) is 2.73. The Morgan fingerprint density at radius 2 is 1.68 bits per heavy atom. The van der Waals surface area contributed by atoms with Gasteiger partial charge in [-0.05, 0) is 64.3 Å². The van der Waals surface area contributed by atoms with E-state index >= 15 is 0 Å². The third-order valence-electron chi connectivity index (χ3n) is 4.35.